The summed E-state index contributed by atoms with van der Waals surface area (Å²) in [6, 6.07) is 15.7. The maximum atomic E-state index is 12.9. The molecule has 1 heterocycles. The van der Waals surface area contributed by atoms with Crippen molar-refractivity contribution >= 4 is 46.5 Å². The van der Waals surface area contributed by atoms with Gasteiger partial charge in [-0.25, -0.2) is 14.8 Å². The summed E-state index contributed by atoms with van der Waals surface area (Å²) in [5, 5.41) is 6.32. The highest BCUT2D eigenvalue weighted by Crippen LogP contribution is 2.36. The largest absolute Gasteiger partial charge is 0.416 e. The lowest BCUT2D eigenvalue weighted by Crippen LogP contribution is -2.29. The molecule has 3 aromatic carbocycles. The zero-order valence-electron chi connectivity index (χ0n) is 18.2. The summed E-state index contributed by atoms with van der Waals surface area (Å²) in [5.74, 6) is 0.257. The molecule has 0 spiro atoms. The topological polar surface area (TPSA) is 66.9 Å². The van der Waals surface area contributed by atoms with Crippen LogP contribution in [0, 0.1) is 0 Å². The van der Waals surface area contributed by atoms with Gasteiger partial charge >= 0.3 is 12.2 Å². The van der Waals surface area contributed by atoms with E-state index >= 15 is 0 Å². The quantitative estimate of drug-likeness (QED) is 0.263. The van der Waals surface area contributed by atoms with Crippen molar-refractivity contribution in [3.05, 3.63) is 99.4 Å². The minimum atomic E-state index is -4.52. The van der Waals surface area contributed by atoms with Crippen molar-refractivity contribution < 1.29 is 18.0 Å². The summed E-state index contributed by atoms with van der Waals surface area (Å²) in [7, 11) is 0. The van der Waals surface area contributed by atoms with E-state index in [1.54, 1.807) is 36.5 Å². The van der Waals surface area contributed by atoms with Crippen molar-refractivity contribution in [2.45, 2.75) is 12.7 Å². The molecule has 184 valence electrons. The first-order valence-corrected chi connectivity index (χ1v) is 11.5. The van der Waals surface area contributed by atoms with E-state index in [1.807, 2.05) is 12.1 Å². The number of anilines is 1. The number of alkyl halides is 3. The molecule has 0 radical (unpaired) electrons. The molecular formula is C25H16Cl3F3N4O. The van der Waals surface area contributed by atoms with Crippen LogP contribution in [0.3, 0.4) is 0 Å². The molecule has 0 fully saturated rings. The van der Waals surface area contributed by atoms with E-state index in [0.29, 0.717) is 31.9 Å². The maximum Gasteiger partial charge on any atom is 0.416 e. The second-order valence-corrected chi connectivity index (χ2v) is 8.85. The highest BCUT2D eigenvalue weighted by Gasteiger charge is 2.30. The molecule has 36 heavy (non-hydrogen) atoms. The number of aromatic nitrogens is 2. The number of nitrogens with one attached hydrogen (secondary N) is 2. The molecule has 0 aliphatic carbocycles. The number of rotatable bonds is 5. The molecule has 4 rings (SSSR count). The molecule has 0 atom stereocenters. The van der Waals surface area contributed by atoms with Gasteiger partial charge in [0.05, 0.1) is 22.8 Å². The molecule has 5 nitrogen and oxygen atoms in total. The fourth-order valence-corrected chi connectivity index (χ4v) is 3.96. The molecule has 0 bridgehead atoms. The van der Waals surface area contributed by atoms with Crippen LogP contribution in [0.4, 0.5) is 23.7 Å². The zero-order chi connectivity index (χ0) is 25.9. The van der Waals surface area contributed by atoms with Gasteiger partial charge in [-0.2, -0.15) is 13.2 Å². The maximum absolute atomic E-state index is 12.9. The van der Waals surface area contributed by atoms with Gasteiger partial charge in [0.25, 0.3) is 0 Å². The Labute approximate surface area is 219 Å². The average Bonchev–Trinajstić information content (AvgIpc) is 2.83. The summed E-state index contributed by atoms with van der Waals surface area (Å²) in [5.41, 5.74) is 1.70. The van der Waals surface area contributed by atoms with Crippen molar-refractivity contribution in [1.82, 2.24) is 15.3 Å². The lowest BCUT2D eigenvalue weighted by molar-refractivity contribution is -0.137. The zero-order valence-corrected chi connectivity index (χ0v) is 20.5. The summed E-state index contributed by atoms with van der Waals surface area (Å²) < 4.78 is 38.7. The third kappa shape index (κ3) is 6.26. The Morgan fingerprint density at radius 2 is 1.61 bits per heavy atom. The van der Waals surface area contributed by atoms with Gasteiger partial charge in [-0.3, -0.25) is 0 Å². The van der Waals surface area contributed by atoms with Crippen LogP contribution in [-0.4, -0.2) is 16.0 Å². The van der Waals surface area contributed by atoms with Crippen molar-refractivity contribution in [2.24, 2.45) is 0 Å². The number of halogens is 6. The first-order valence-electron chi connectivity index (χ1n) is 10.4. The van der Waals surface area contributed by atoms with Gasteiger partial charge < -0.3 is 10.6 Å². The number of urea groups is 1. The van der Waals surface area contributed by atoms with Gasteiger partial charge in [-0.1, -0.05) is 53.0 Å². The molecule has 0 saturated heterocycles. The van der Waals surface area contributed by atoms with Crippen LogP contribution in [0.5, 0.6) is 0 Å². The van der Waals surface area contributed by atoms with Gasteiger partial charge in [-0.15, -0.1) is 0 Å². The molecule has 0 aliphatic heterocycles. The number of amides is 2. The summed E-state index contributed by atoms with van der Waals surface area (Å²) in [4.78, 5) is 21.2. The Kier molecular flexibility index (Phi) is 7.68. The van der Waals surface area contributed by atoms with Crippen LogP contribution >= 0.6 is 34.8 Å². The second-order valence-electron chi connectivity index (χ2n) is 7.57. The number of hydrogen-bond acceptors (Lipinski definition) is 3. The number of nitrogens with zero attached hydrogens (tertiary/aromatic N) is 2. The summed E-state index contributed by atoms with van der Waals surface area (Å²) >= 11 is 18.5. The summed E-state index contributed by atoms with van der Waals surface area (Å²) in [6.07, 6.45) is -2.93. The molecule has 0 unspecified atom stereocenters. The van der Waals surface area contributed by atoms with Crippen LogP contribution in [0.2, 0.25) is 15.1 Å². The number of carbonyl (C=O) groups is 1. The van der Waals surface area contributed by atoms with Crippen LogP contribution < -0.4 is 10.6 Å². The fraction of sp³-hybridized carbons (Fsp3) is 0.0800. The van der Waals surface area contributed by atoms with E-state index in [2.05, 4.69) is 20.6 Å². The SMILES string of the molecule is O=C(NCc1ncc(-c2ccc(Cl)cc2)c(-c2ccc(Cl)cc2Cl)n1)Nc1cccc(C(F)(F)F)c1. The van der Waals surface area contributed by atoms with Gasteiger partial charge in [0.2, 0.25) is 0 Å². The van der Waals surface area contributed by atoms with Crippen LogP contribution in [0.25, 0.3) is 22.4 Å². The van der Waals surface area contributed by atoms with E-state index in [-0.39, 0.29) is 18.1 Å². The average molecular weight is 552 g/mol. The Hall–Kier alpha value is -3.33. The monoisotopic (exact) mass is 550 g/mol. The number of benzene rings is 3. The fourth-order valence-electron chi connectivity index (χ4n) is 3.34. The third-order valence-electron chi connectivity index (χ3n) is 5.03. The van der Waals surface area contributed by atoms with Crippen molar-refractivity contribution in [2.75, 3.05) is 5.32 Å². The molecule has 0 saturated carbocycles. The minimum Gasteiger partial charge on any atom is -0.331 e. The standard InChI is InChI=1S/C25H16Cl3F3N4O/c26-16-6-4-14(5-7-16)20-12-32-22(35-23(20)19-9-8-17(27)11-21(19)28)13-33-24(36)34-18-3-1-2-15(10-18)25(29,30)31/h1-12H,13H2,(H2,33,34,36). The Morgan fingerprint density at radius 1 is 0.889 bits per heavy atom. The van der Waals surface area contributed by atoms with Crippen LogP contribution in [-0.2, 0) is 12.7 Å². The Morgan fingerprint density at radius 3 is 2.31 bits per heavy atom. The molecule has 0 aliphatic rings. The van der Waals surface area contributed by atoms with Crippen molar-refractivity contribution in [1.29, 1.82) is 0 Å². The Bertz CT molecular complexity index is 1410. The normalized spacial score (nSPS) is 11.3. The van der Waals surface area contributed by atoms with E-state index in [1.165, 1.54) is 12.1 Å². The van der Waals surface area contributed by atoms with Gasteiger partial charge in [0.15, 0.2) is 0 Å². The smallest absolute Gasteiger partial charge is 0.331 e. The van der Waals surface area contributed by atoms with Crippen LogP contribution in [0.15, 0.2) is 72.9 Å². The predicted molar refractivity (Wildman–Crippen MR) is 135 cm³/mol. The minimum absolute atomic E-state index is 0.00466. The van der Waals surface area contributed by atoms with Gasteiger partial charge in [0, 0.05) is 33.1 Å². The number of hydrogen-bond donors (Lipinski definition) is 2. The van der Waals surface area contributed by atoms with E-state index < -0.39 is 17.8 Å². The molecule has 11 heteroatoms. The van der Waals surface area contributed by atoms with Gasteiger partial charge in [-0.05, 0) is 54.1 Å². The second kappa shape index (κ2) is 10.7. The van der Waals surface area contributed by atoms with Crippen LogP contribution in [0.1, 0.15) is 11.4 Å². The highest BCUT2D eigenvalue weighted by atomic mass is 35.5. The third-order valence-corrected chi connectivity index (χ3v) is 5.83. The lowest BCUT2D eigenvalue weighted by Gasteiger charge is -2.13. The highest BCUT2D eigenvalue weighted by molar-refractivity contribution is 6.36. The Balaban J connectivity index is 1.58. The molecule has 1 aromatic heterocycles. The van der Waals surface area contributed by atoms with Crippen molar-refractivity contribution in [3.8, 4) is 22.4 Å². The molecule has 2 N–H and O–H groups in total. The molecule has 4 aromatic rings. The predicted octanol–water partition coefficient (Wildman–Crippen LogP) is 8.11. The summed E-state index contributed by atoms with van der Waals surface area (Å²) in [6.45, 7) is -0.0934. The first-order chi connectivity index (χ1) is 17.1. The molecule has 2 amide bonds. The van der Waals surface area contributed by atoms with E-state index in [4.69, 9.17) is 34.8 Å². The lowest BCUT2D eigenvalue weighted by atomic mass is 10.0. The van der Waals surface area contributed by atoms with E-state index in [0.717, 1.165) is 17.7 Å². The van der Waals surface area contributed by atoms with Gasteiger partial charge in [0.1, 0.15) is 5.82 Å². The first kappa shape index (κ1) is 25.8. The van der Waals surface area contributed by atoms with E-state index in [9.17, 15) is 18.0 Å². The molecular weight excluding hydrogens is 536 g/mol. The number of carbonyl (C=O) groups excluding carboxylic acids is 1. The van der Waals surface area contributed by atoms with Crippen molar-refractivity contribution in [3.63, 3.8) is 0 Å².